The lowest BCUT2D eigenvalue weighted by Gasteiger charge is -2.24. The van der Waals surface area contributed by atoms with Gasteiger partial charge < -0.3 is 19.1 Å². The second-order valence-corrected chi connectivity index (χ2v) is 15.8. The number of hydrogen-bond acceptors (Lipinski definition) is 7. The van der Waals surface area contributed by atoms with Gasteiger partial charge in [-0.1, -0.05) is 127 Å². The summed E-state index contributed by atoms with van der Waals surface area (Å²) in [5.74, 6) is -1.14. The molecule has 310 valence electrons. The number of ether oxygens (including phenoxy) is 3. The molecule has 0 spiro atoms. The molecule has 0 N–H and O–H groups in total. The first-order valence-electron chi connectivity index (χ1n) is 22.1. The molecular weight excluding hydrogens is 675 g/mol. The molecule has 0 aliphatic carbocycles. The summed E-state index contributed by atoms with van der Waals surface area (Å²) in [6.45, 7) is 8.12. The minimum atomic E-state index is -0.547. The first-order chi connectivity index (χ1) is 26.3. The lowest BCUT2D eigenvalue weighted by molar-refractivity contribution is -0.159. The minimum Gasteiger partial charge on any atom is -0.465 e. The van der Waals surface area contributed by atoms with E-state index in [0.717, 1.165) is 90.0 Å². The Morgan fingerprint density at radius 1 is 0.556 bits per heavy atom. The molecule has 0 amide bonds. The molecular formula is C47H81NO6. The summed E-state index contributed by atoms with van der Waals surface area (Å²) >= 11 is 0. The van der Waals surface area contributed by atoms with Gasteiger partial charge in [0.05, 0.1) is 11.3 Å². The number of esters is 3. The highest BCUT2D eigenvalue weighted by Crippen LogP contribution is 2.30. The van der Waals surface area contributed by atoms with E-state index in [4.69, 9.17) is 14.2 Å². The van der Waals surface area contributed by atoms with E-state index in [-0.39, 0.29) is 37.7 Å². The van der Waals surface area contributed by atoms with E-state index < -0.39 is 11.3 Å². The summed E-state index contributed by atoms with van der Waals surface area (Å²) in [5.41, 5.74) is -0.547. The highest BCUT2D eigenvalue weighted by Gasteiger charge is 2.40. The molecule has 54 heavy (non-hydrogen) atoms. The fraction of sp³-hybridized carbons (Fsp3) is 0.766. The van der Waals surface area contributed by atoms with Gasteiger partial charge in [0.25, 0.3) is 0 Å². The molecule has 0 saturated carbocycles. The minimum absolute atomic E-state index is 0.0616. The van der Waals surface area contributed by atoms with Crippen molar-refractivity contribution in [2.24, 2.45) is 11.3 Å². The Labute approximate surface area is 331 Å². The Morgan fingerprint density at radius 3 is 1.35 bits per heavy atom. The molecule has 1 rings (SSSR count). The predicted molar refractivity (Wildman–Crippen MR) is 225 cm³/mol. The van der Waals surface area contributed by atoms with Crippen LogP contribution in [0.1, 0.15) is 181 Å². The van der Waals surface area contributed by atoms with Crippen LogP contribution in [-0.4, -0.2) is 62.8 Å². The third-order valence-corrected chi connectivity index (χ3v) is 10.2. The Kier molecular flexibility index (Phi) is 31.8. The van der Waals surface area contributed by atoms with Crippen LogP contribution in [0.4, 0.5) is 0 Å². The van der Waals surface area contributed by atoms with Crippen molar-refractivity contribution in [2.45, 2.75) is 181 Å². The smallest absolute Gasteiger partial charge is 0.313 e. The van der Waals surface area contributed by atoms with Gasteiger partial charge in [0.1, 0.15) is 19.8 Å². The fourth-order valence-electron chi connectivity index (χ4n) is 6.60. The van der Waals surface area contributed by atoms with Crippen molar-refractivity contribution in [3.63, 3.8) is 0 Å². The monoisotopic (exact) mass is 756 g/mol. The molecule has 0 aromatic carbocycles. The van der Waals surface area contributed by atoms with Crippen molar-refractivity contribution in [2.75, 3.05) is 40.0 Å². The van der Waals surface area contributed by atoms with Crippen molar-refractivity contribution in [1.82, 2.24) is 4.90 Å². The summed E-state index contributed by atoms with van der Waals surface area (Å²) in [7, 11) is 2.00. The van der Waals surface area contributed by atoms with E-state index >= 15 is 0 Å². The van der Waals surface area contributed by atoms with Crippen LogP contribution in [0.5, 0.6) is 0 Å². The number of carbonyl (C=O) groups excluding carboxylic acids is 3. The van der Waals surface area contributed by atoms with E-state index in [1.807, 2.05) is 14.0 Å². The van der Waals surface area contributed by atoms with Gasteiger partial charge in [-0.05, 0) is 104 Å². The van der Waals surface area contributed by atoms with Crippen LogP contribution in [0.2, 0.25) is 0 Å². The predicted octanol–water partition coefficient (Wildman–Crippen LogP) is 12.2. The van der Waals surface area contributed by atoms with E-state index in [1.165, 1.54) is 64.2 Å². The van der Waals surface area contributed by atoms with Crippen LogP contribution in [0.15, 0.2) is 48.6 Å². The zero-order valence-corrected chi connectivity index (χ0v) is 35.3. The van der Waals surface area contributed by atoms with E-state index in [0.29, 0.717) is 19.4 Å². The normalized spacial score (nSPS) is 17.0. The maximum absolute atomic E-state index is 13.0. The number of allylic oxidation sites excluding steroid dienone is 8. The van der Waals surface area contributed by atoms with Gasteiger partial charge in [-0.15, -0.1) is 0 Å². The second-order valence-electron chi connectivity index (χ2n) is 15.8. The number of unbranched alkanes of at least 4 members (excludes halogenated alkanes) is 16. The molecule has 7 nitrogen and oxygen atoms in total. The average molecular weight is 756 g/mol. The quantitative estimate of drug-likeness (QED) is 0.0276. The molecule has 7 heteroatoms. The Morgan fingerprint density at radius 2 is 0.944 bits per heavy atom. The van der Waals surface area contributed by atoms with Crippen LogP contribution in [0.25, 0.3) is 0 Å². The molecule has 1 aliphatic rings. The van der Waals surface area contributed by atoms with Crippen molar-refractivity contribution in [1.29, 1.82) is 0 Å². The van der Waals surface area contributed by atoms with Crippen molar-refractivity contribution >= 4 is 17.9 Å². The van der Waals surface area contributed by atoms with Gasteiger partial charge >= 0.3 is 17.9 Å². The van der Waals surface area contributed by atoms with Gasteiger partial charge in [-0.3, -0.25) is 14.4 Å². The Balaban J connectivity index is 2.28. The van der Waals surface area contributed by atoms with Gasteiger partial charge in [0, 0.05) is 19.4 Å². The first-order valence-corrected chi connectivity index (χ1v) is 22.1. The second kappa shape index (κ2) is 34.8. The van der Waals surface area contributed by atoms with Gasteiger partial charge in [-0.25, -0.2) is 0 Å². The Bertz CT molecular complexity index is 1000. The third-order valence-electron chi connectivity index (χ3n) is 10.2. The van der Waals surface area contributed by atoms with Crippen LogP contribution >= 0.6 is 0 Å². The van der Waals surface area contributed by atoms with Gasteiger partial charge in [-0.2, -0.15) is 0 Å². The number of likely N-dealkylation sites (tertiary alicyclic amines) is 1. The van der Waals surface area contributed by atoms with Crippen LogP contribution in [0, 0.1) is 11.3 Å². The molecule has 1 saturated heterocycles. The lowest BCUT2D eigenvalue weighted by Crippen LogP contribution is -2.35. The fourth-order valence-corrected chi connectivity index (χ4v) is 6.60. The van der Waals surface area contributed by atoms with Crippen LogP contribution in [0.3, 0.4) is 0 Å². The number of rotatable bonds is 35. The maximum atomic E-state index is 13.0. The van der Waals surface area contributed by atoms with Gasteiger partial charge in [0.2, 0.25) is 0 Å². The highest BCUT2D eigenvalue weighted by molar-refractivity contribution is 5.77. The topological polar surface area (TPSA) is 82.1 Å². The molecule has 0 radical (unpaired) electrons. The van der Waals surface area contributed by atoms with Crippen LogP contribution < -0.4 is 0 Å². The first kappa shape index (κ1) is 49.3. The average Bonchev–Trinajstić information content (AvgIpc) is 3.53. The molecule has 0 aromatic rings. The molecule has 0 aromatic heterocycles. The number of nitrogens with zero attached hydrogens (tertiary/aromatic N) is 1. The standard InChI is InChI=1S/C47H81NO6/c1-5-7-9-11-13-15-17-19-21-23-25-27-29-31-33-35-44(49)52-39-43(41-54-46(51)47(3)37-38-48(4)42-47)40-53-45(50)36-34-32-30-28-26-24-22-20-18-16-14-12-10-8-6-2/h13-16,19-22,43H,5-12,17-18,23-42H2,1-4H3/b15-13-,16-14?,21-19-,22-20?. The highest BCUT2D eigenvalue weighted by atomic mass is 16.6. The van der Waals surface area contributed by atoms with Crippen LogP contribution in [-0.2, 0) is 28.6 Å². The molecule has 1 aliphatic heterocycles. The molecule has 1 heterocycles. The largest absolute Gasteiger partial charge is 0.465 e. The third kappa shape index (κ3) is 28.7. The van der Waals surface area contributed by atoms with Gasteiger partial charge in [0.15, 0.2) is 0 Å². The summed E-state index contributed by atoms with van der Waals surface area (Å²) in [6, 6.07) is 0. The zero-order valence-electron chi connectivity index (χ0n) is 35.3. The van der Waals surface area contributed by atoms with E-state index in [1.54, 1.807) is 0 Å². The van der Waals surface area contributed by atoms with E-state index in [9.17, 15) is 14.4 Å². The number of carbonyl (C=O) groups is 3. The Hall–Kier alpha value is -2.67. The summed E-state index contributed by atoms with van der Waals surface area (Å²) in [5, 5.41) is 0. The maximum Gasteiger partial charge on any atom is 0.313 e. The SMILES string of the molecule is CCCCCC=CCC=CCCCCCCCC(=O)OCC(COC(=O)CCCCCCC/C=C\C/C=C\CCCCC)COC(=O)C1(C)CCN(C)C1. The zero-order chi connectivity index (χ0) is 39.4. The number of hydrogen-bond donors (Lipinski definition) is 0. The summed E-state index contributed by atoms with van der Waals surface area (Å²) < 4.78 is 16.9. The molecule has 2 unspecified atom stereocenters. The molecule has 1 fully saturated rings. The lowest BCUT2D eigenvalue weighted by atomic mass is 9.90. The van der Waals surface area contributed by atoms with Crippen molar-refractivity contribution < 1.29 is 28.6 Å². The summed E-state index contributed by atoms with van der Waals surface area (Å²) in [4.78, 5) is 40.2. The molecule has 0 bridgehead atoms. The summed E-state index contributed by atoms with van der Waals surface area (Å²) in [6.07, 6.45) is 44.5. The van der Waals surface area contributed by atoms with E-state index in [2.05, 4.69) is 67.4 Å². The van der Waals surface area contributed by atoms with Crippen molar-refractivity contribution in [3.05, 3.63) is 48.6 Å². The molecule has 2 atom stereocenters. The van der Waals surface area contributed by atoms with Crippen molar-refractivity contribution in [3.8, 4) is 0 Å².